The summed E-state index contributed by atoms with van der Waals surface area (Å²) in [6, 6.07) is 5.46. The molecular weight excluding hydrogens is 266 g/mol. The lowest BCUT2D eigenvalue weighted by Gasteiger charge is -2.44. The van der Waals surface area contributed by atoms with Crippen LogP contribution in [-0.4, -0.2) is 30.7 Å². The molecule has 110 valence electrons. The maximum atomic E-state index is 12.7. The van der Waals surface area contributed by atoms with Crippen molar-refractivity contribution in [3.8, 4) is 11.5 Å². The van der Waals surface area contributed by atoms with Crippen molar-refractivity contribution < 1.29 is 14.3 Å². The number of piperidine rings is 1. The van der Waals surface area contributed by atoms with E-state index in [1.54, 1.807) is 11.6 Å². The molecule has 1 saturated heterocycles. The highest BCUT2D eigenvalue weighted by atomic mass is 16.7. The minimum absolute atomic E-state index is 0.109. The normalized spacial score (nSPS) is 26.0. The van der Waals surface area contributed by atoms with Crippen molar-refractivity contribution in [2.24, 2.45) is 11.8 Å². The van der Waals surface area contributed by atoms with Gasteiger partial charge in [0, 0.05) is 24.6 Å². The highest BCUT2D eigenvalue weighted by Crippen LogP contribution is 2.40. The van der Waals surface area contributed by atoms with Gasteiger partial charge in [-0.15, -0.1) is 0 Å². The van der Waals surface area contributed by atoms with Gasteiger partial charge in [0.15, 0.2) is 11.5 Å². The second-order valence-electron chi connectivity index (χ2n) is 6.02. The fourth-order valence-corrected chi connectivity index (χ4v) is 3.56. The topological polar surface area (TPSA) is 38.8 Å². The second kappa shape index (κ2) is 4.79. The van der Waals surface area contributed by atoms with Crippen LogP contribution in [0, 0.1) is 11.8 Å². The Hall–Kier alpha value is -1.97. The van der Waals surface area contributed by atoms with E-state index in [-0.39, 0.29) is 12.7 Å². The number of benzene rings is 1. The van der Waals surface area contributed by atoms with Gasteiger partial charge < -0.3 is 14.4 Å². The van der Waals surface area contributed by atoms with E-state index in [4.69, 9.17) is 9.47 Å². The van der Waals surface area contributed by atoms with Crippen molar-refractivity contribution in [2.75, 3.05) is 19.9 Å². The average molecular weight is 285 g/mol. The van der Waals surface area contributed by atoms with Crippen molar-refractivity contribution in [3.05, 3.63) is 35.4 Å². The van der Waals surface area contributed by atoms with Crippen molar-refractivity contribution in [1.82, 2.24) is 4.90 Å². The van der Waals surface area contributed by atoms with Crippen LogP contribution in [0.3, 0.4) is 0 Å². The standard InChI is InChI=1S/C17H19NO3/c1-2-11-8-18(9-13-3-5-14(11)13)17(19)12-4-6-15-16(7-12)21-10-20-15/h4-7,11,13H,2-3,8-10H2,1H3. The van der Waals surface area contributed by atoms with Crippen LogP contribution in [0.15, 0.2) is 29.8 Å². The predicted molar refractivity (Wildman–Crippen MR) is 78.4 cm³/mol. The number of carbonyl (C=O) groups is 1. The third-order valence-corrected chi connectivity index (χ3v) is 4.86. The Morgan fingerprint density at radius 1 is 1.29 bits per heavy atom. The summed E-state index contributed by atoms with van der Waals surface area (Å²) in [4.78, 5) is 14.8. The van der Waals surface area contributed by atoms with Gasteiger partial charge in [0.05, 0.1) is 0 Å². The predicted octanol–water partition coefficient (Wildman–Crippen LogP) is 2.84. The van der Waals surface area contributed by atoms with Crippen LogP contribution in [0.5, 0.6) is 11.5 Å². The molecule has 2 atom stereocenters. The van der Waals surface area contributed by atoms with Gasteiger partial charge >= 0.3 is 0 Å². The van der Waals surface area contributed by atoms with E-state index in [9.17, 15) is 4.79 Å². The van der Waals surface area contributed by atoms with Gasteiger partial charge in [-0.1, -0.05) is 18.6 Å². The summed E-state index contributed by atoms with van der Waals surface area (Å²) >= 11 is 0. The lowest BCUT2D eigenvalue weighted by Crippen LogP contribution is -2.47. The summed E-state index contributed by atoms with van der Waals surface area (Å²) in [6.07, 6.45) is 4.57. The minimum Gasteiger partial charge on any atom is -0.454 e. The molecule has 1 fully saturated rings. The highest BCUT2D eigenvalue weighted by Gasteiger charge is 2.36. The molecule has 2 aliphatic heterocycles. The number of hydrogen-bond donors (Lipinski definition) is 0. The molecule has 0 saturated carbocycles. The molecule has 3 aliphatic rings. The molecular formula is C17H19NO3. The third kappa shape index (κ3) is 2.01. The van der Waals surface area contributed by atoms with Gasteiger partial charge in [0.25, 0.3) is 5.91 Å². The van der Waals surface area contributed by atoms with Crippen LogP contribution >= 0.6 is 0 Å². The Balaban J connectivity index is 1.56. The number of hydrogen-bond acceptors (Lipinski definition) is 3. The summed E-state index contributed by atoms with van der Waals surface area (Å²) in [7, 11) is 0. The first-order valence-corrected chi connectivity index (χ1v) is 7.65. The number of likely N-dealkylation sites (tertiary alicyclic amines) is 1. The Morgan fingerprint density at radius 2 is 2.14 bits per heavy atom. The zero-order chi connectivity index (χ0) is 14.4. The first-order valence-electron chi connectivity index (χ1n) is 7.65. The fourth-order valence-electron chi connectivity index (χ4n) is 3.56. The van der Waals surface area contributed by atoms with E-state index in [1.165, 1.54) is 0 Å². The quantitative estimate of drug-likeness (QED) is 0.784. The first kappa shape index (κ1) is 12.7. The van der Waals surface area contributed by atoms with E-state index in [0.29, 0.717) is 23.1 Å². The number of ether oxygens (including phenoxy) is 2. The summed E-state index contributed by atoms with van der Waals surface area (Å²) in [6.45, 7) is 4.14. The van der Waals surface area contributed by atoms with Gasteiger partial charge in [-0.25, -0.2) is 0 Å². The maximum absolute atomic E-state index is 12.7. The fraction of sp³-hybridized carbons (Fsp3) is 0.471. The third-order valence-electron chi connectivity index (χ3n) is 4.86. The van der Waals surface area contributed by atoms with Crippen LogP contribution < -0.4 is 9.47 Å². The molecule has 2 heterocycles. The minimum atomic E-state index is 0.109. The van der Waals surface area contributed by atoms with E-state index >= 15 is 0 Å². The zero-order valence-electron chi connectivity index (χ0n) is 12.2. The van der Waals surface area contributed by atoms with Crippen LogP contribution in [0.2, 0.25) is 0 Å². The van der Waals surface area contributed by atoms with Gasteiger partial charge in [-0.3, -0.25) is 4.79 Å². The summed E-state index contributed by atoms with van der Waals surface area (Å²) in [5, 5.41) is 0. The molecule has 0 aromatic heterocycles. The SMILES string of the molecule is CCC1CN(C(=O)c2ccc3c(c2)OCO3)CC2CC=C12. The van der Waals surface area contributed by atoms with Crippen molar-refractivity contribution in [3.63, 3.8) is 0 Å². The van der Waals surface area contributed by atoms with Crippen LogP contribution in [0.4, 0.5) is 0 Å². The maximum Gasteiger partial charge on any atom is 0.254 e. The number of fused-ring (bicyclic) bond motifs is 2. The van der Waals surface area contributed by atoms with Gasteiger partial charge in [0.1, 0.15) is 0 Å². The van der Waals surface area contributed by atoms with Crippen molar-refractivity contribution in [2.45, 2.75) is 19.8 Å². The van der Waals surface area contributed by atoms with Gasteiger partial charge in [-0.2, -0.15) is 0 Å². The Kier molecular flexibility index (Phi) is 2.91. The summed E-state index contributed by atoms with van der Waals surface area (Å²) < 4.78 is 10.7. The lowest BCUT2D eigenvalue weighted by atomic mass is 9.73. The second-order valence-corrected chi connectivity index (χ2v) is 6.02. The monoisotopic (exact) mass is 285 g/mol. The van der Waals surface area contributed by atoms with Crippen LogP contribution in [-0.2, 0) is 0 Å². The molecule has 1 aromatic rings. The van der Waals surface area contributed by atoms with E-state index < -0.39 is 0 Å². The van der Waals surface area contributed by atoms with Crippen LogP contribution in [0.25, 0.3) is 0 Å². The van der Waals surface area contributed by atoms with Gasteiger partial charge in [-0.05, 0) is 37.0 Å². The van der Waals surface area contributed by atoms with E-state index in [0.717, 1.165) is 31.7 Å². The Morgan fingerprint density at radius 3 is 2.90 bits per heavy atom. The van der Waals surface area contributed by atoms with E-state index in [1.807, 2.05) is 17.0 Å². The van der Waals surface area contributed by atoms with Crippen molar-refractivity contribution in [1.29, 1.82) is 0 Å². The molecule has 2 unspecified atom stereocenters. The number of allylic oxidation sites excluding steroid dienone is 1. The van der Waals surface area contributed by atoms with Crippen molar-refractivity contribution >= 4 is 5.91 Å². The highest BCUT2D eigenvalue weighted by molar-refractivity contribution is 5.95. The molecule has 0 bridgehead atoms. The Labute approximate surface area is 124 Å². The molecule has 0 spiro atoms. The summed E-state index contributed by atoms with van der Waals surface area (Å²) in [5.74, 6) is 2.63. The molecule has 0 N–H and O–H groups in total. The first-order chi connectivity index (χ1) is 10.3. The lowest BCUT2D eigenvalue weighted by molar-refractivity contribution is 0.0652. The smallest absolute Gasteiger partial charge is 0.254 e. The van der Waals surface area contributed by atoms with Crippen LogP contribution in [0.1, 0.15) is 30.1 Å². The molecule has 1 aliphatic carbocycles. The number of rotatable bonds is 2. The summed E-state index contributed by atoms with van der Waals surface area (Å²) in [5.41, 5.74) is 2.27. The molecule has 4 rings (SSSR count). The van der Waals surface area contributed by atoms with Gasteiger partial charge in [0.2, 0.25) is 6.79 Å². The molecule has 1 amide bonds. The molecule has 21 heavy (non-hydrogen) atoms. The number of nitrogens with zero attached hydrogens (tertiary/aromatic N) is 1. The number of carbonyl (C=O) groups excluding carboxylic acids is 1. The Bertz CT molecular complexity index is 622. The molecule has 0 radical (unpaired) electrons. The largest absolute Gasteiger partial charge is 0.454 e. The molecule has 1 aromatic carbocycles. The van der Waals surface area contributed by atoms with E-state index in [2.05, 4.69) is 13.0 Å². The molecule has 4 heteroatoms. The molecule has 4 nitrogen and oxygen atoms in total. The average Bonchev–Trinajstić information content (AvgIpc) is 2.94. The zero-order valence-corrected chi connectivity index (χ0v) is 12.2. The number of amides is 1.